The number of aromatic nitrogens is 2. The minimum absolute atomic E-state index is 0.0436. The summed E-state index contributed by atoms with van der Waals surface area (Å²) in [5, 5.41) is 9.24. The Hall–Kier alpha value is -2.85. The van der Waals surface area contributed by atoms with Gasteiger partial charge in [-0.2, -0.15) is 12.6 Å². The molecule has 0 aliphatic carbocycles. The van der Waals surface area contributed by atoms with Crippen LogP contribution in [0.15, 0.2) is 66.7 Å². The molecule has 8 heteroatoms. The summed E-state index contributed by atoms with van der Waals surface area (Å²) < 4.78 is 2.03. The lowest BCUT2D eigenvalue weighted by molar-refractivity contribution is 0.0695. The molecule has 4 aromatic rings. The molecule has 0 aliphatic heterocycles. The van der Waals surface area contributed by atoms with Gasteiger partial charge >= 0.3 is 5.97 Å². The quantitative estimate of drug-likeness (QED) is 0.0906. The van der Waals surface area contributed by atoms with Gasteiger partial charge in [0.15, 0.2) is 0 Å². The van der Waals surface area contributed by atoms with Gasteiger partial charge in [0.2, 0.25) is 0 Å². The predicted molar refractivity (Wildman–Crippen MR) is 159 cm³/mol. The Kier molecular flexibility index (Phi) is 8.91. The summed E-state index contributed by atoms with van der Waals surface area (Å²) in [7, 11) is 0. The number of halogens is 1. The SMILES string of the molecule is CCCc1nc2c(C)cc(C(=O)N(CCS)C(I)c3ccccc3)cc2n1Cc1ccc(C(=O)O)cc1. The van der Waals surface area contributed by atoms with E-state index in [2.05, 4.69) is 46.7 Å². The molecule has 37 heavy (non-hydrogen) atoms. The summed E-state index contributed by atoms with van der Waals surface area (Å²) in [6.07, 6.45) is 1.75. The molecule has 4 rings (SSSR count). The second kappa shape index (κ2) is 12.1. The van der Waals surface area contributed by atoms with Crippen molar-refractivity contribution in [3.63, 3.8) is 0 Å². The van der Waals surface area contributed by atoms with E-state index in [0.717, 1.165) is 46.4 Å². The first-order valence-electron chi connectivity index (χ1n) is 12.3. The third-order valence-electron chi connectivity index (χ3n) is 6.34. The first kappa shape index (κ1) is 27.2. The topological polar surface area (TPSA) is 75.4 Å². The van der Waals surface area contributed by atoms with Gasteiger partial charge in [0.05, 0.1) is 16.6 Å². The molecule has 0 saturated heterocycles. The molecule has 1 N–H and O–H groups in total. The first-order chi connectivity index (χ1) is 17.8. The highest BCUT2D eigenvalue weighted by Crippen LogP contribution is 2.31. The summed E-state index contributed by atoms with van der Waals surface area (Å²) >= 11 is 6.74. The van der Waals surface area contributed by atoms with Crippen LogP contribution in [-0.4, -0.2) is 43.7 Å². The fourth-order valence-corrected chi connectivity index (χ4v) is 5.64. The number of hydrogen-bond donors (Lipinski definition) is 2. The number of fused-ring (bicyclic) bond motifs is 1. The van der Waals surface area contributed by atoms with Crippen molar-refractivity contribution < 1.29 is 14.7 Å². The van der Waals surface area contributed by atoms with Crippen LogP contribution in [0.2, 0.25) is 0 Å². The van der Waals surface area contributed by atoms with Crippen molar-refractivity contribution in [2.24, 2.45) is 0 Å². The molecule has 1 amide bonds. The molecule has 3 aromatic carbocycles. The molecule has 0 fully saturated rings. The lowest BCUT2D eigenvalue weighted by atomic mass is 10.1. The summed E-state index contributed by atoms with van der Waals surface area (Å²) in [6.45, 7) is 5.18. The highest BCUT2D eigenvalue weighted by Gasteiger charge is 2.25. The van der Waals surface area contributed by atoms with Crippen molar-refractivity contribution in [3.8, 4) is 0 Å². The Morgan fingerprint density at radius 2 is 1.78 bits per heavy atom. The zero-order valence-corrected chi connectivity index (χ0v) is 23.9. The molecule has 1 unspecified atom stereocenters. The van der Waals surface area contributed by atoms with Crippen LogP contribution >= 0.6 is 35.2 Å². The second-order valence-corrected chi connectivity index (χ2v) is 10.6. The number of alkyl halides is 1. The maximum atomic E-state index is 13.9. The number of carbonyl (C=O) groups is 2. The fraction of sp³-hybridized carbons (Fsp3) is 0.276. The predicted octanol–water partition coefficient (Wildman–Crippen LogP) is 6.55. The normalized spacial score (nSPS) is 12.0. The van der Waals surface area contributed by atoms with Gasteiger partial charge in [-0.3, -0.25) is 4.79 Å². The van der Waals surface area contributed by atoms with Gasteiger partial charge < -0.3 is 14.6 Å². The molecule has 0 bridgehead atoms. The van der Waals surface area contributed by atoms with Crippen LogP contribution in [0.5, 0.6) is 0 Å². The minimum atomic E-state index is -0.945. The summed E-state index contributed by atoms with van der Waals surface area (Å²) in [5.74, 6) is 0.526. The van der Waals surface area contributed by atoms with Gasteiger partial charge in [-0.15, -0.1) is 0 Å². The molecule has 1 heterocycles. The maximum Gasteiger partial charge on any atom is 0.335 e. The highest BCUT2D eigenvalue weighted by atomic mass is 127. The zero-order chi connectivity index (χ0) is 26.5. The molecule has 1 atom stereocenters. The first-order valence-corrected chi connectivity index (χ1v) is 14.1. The summed E-state index contributed by atoms with van der Waals surface area (Å²) in [4.78, 5) is 31.9. The Balaban J connectivity index is 1.76. The van der Waals surface area contributed by atoms with E-state index in [1.807, 2.05) is 66.4 Å². The zero-order valence-electron chi connectivity index (χ0n) is 20.9. The van der Waals surface area contributed by atoms with Crippen LogP contribution in [0.4, 0.5) is 0 Å². The summed E-state index contributed by atoms with van der Waals surface area (Å²) in [5.41, 5.74) is 5.67. The molecule has 0 aliphatic rings. The van der Waals surface area contributed by atoms with Crippen molar-refractivity contribution in [1.82, 2.24) is 14.5 Å². The molecule has 192 valence electrons. The Morgan fingerprint density at radius 1 is 1.08 bits per heavy atom. The number of aryl methyl sites for hydroxylation is 2. The Labute approximate surface area is 236 Å². The van der Waals surface area contributed by atoms with Crippen molar-refractivity contribution in [2.45, 2.75) is 37.3 Å². The van der Waals surface area contributed by atoms with E-state index in [0.29, 0.717) is 24.4 Å². The van der Waals surface area contributed by atoms with Crippen molar-refractivity contribution in [1.29, 1.82) is 0 Å². The van der Waals surface area contributed by atoms with Gasteiger partial charge in [-0.1, -0.05) is 72.0 Å². The van der Waals surface area contributed by atoms with Gasteiger partial charge in [-0.05, 0) is 54.3 Å². The smallest absolute Gasteiger partial charge is 0.335 e. The van der Waals surface area contributed by atoms with E-state index in [1.165, 1.54) is 0 Å². The van der Waals surface area contributed by atoms with E-state index >= 15 is 0 Å². The molecule has 0 saturated carbocycles. The average molecular weight is 628 g/mol. The molecular formula is C29H30IN3O3S. The third kappa shape index (κ3) is 6.01. The maximum absolute atomic E-state index is 13.9. The lowest BCUT2D eigenvalue weighted by Crippen LogP contribution is -2.34. The van der Waals surface area contributed by atoms with Gasteiger partial charge in [0.25, 0.3) is 5.91 Å². The number of thiol groups is 1. The van der Waals surface area contributed by atoms with Crippen molar-refractivity contribution >= 4 is 58.1 Å². The number of imidazole rings is 1. The number of benzene rings is 3. The number of amides is 1. The van der Waals surface area contributed by atoms with Gasteiger partial charge in [-0.25, -0.2) is 9.78 Å². The van der Waals surface area contributed by atoms with Crippen molar-refractivity contribution in [3.05, 3.63) is 100 Å². The van der Waals surface area contributed by atoms with E-state index < -0.39 is 5.97 Å². The average Bonchev–Trinajstić information content (AvgIpc) is 3.25. The van der Waals surface area contributed by atoms with E-state index in [1.54, 1.807) is 12.1 Å². The number of aromatic carboxylic acids is 1. The number of rotatable bonds is 10. The van der Waals surface area contributed by atoms with Crippen LogP contribution in [0.3, 0.4) is 0 Å². The molecular weight excluding hydrogens is 597 g/mol. The Morgan fingerprint density at radius 3 is 2.41 bits per heavy atom. The van der Waals surface area contributed by atoms with Crippen LogP contribution < -0.4 is 0 Å². The second-order valence-electron chi connectivity index (χ2n) is 9.00. The summed E-state index contributed by atoms with van der Waals surface area (Å²) in [6, 6.07) is 20.8. The standard InChI is InChI=1S/C29H30IN3O3S/c1-3-7-25-31-26-19(2)16-23(28(34)32(14-15-37)27(30)21-8-5-4-6-9-21)17-24(26)33(25)18-20-10-12-22(13-11-20)29(35)36/h4-6,8-13,16-17,27,37H,3,7,14-15,18H2,1-2H3,(H,35,36). The molecule has 6 nitrogen and oxygen atoms in total. The van der Waals surface area contributed by atoms with Gasteiger partial charge in [0, 0.05) is 30.8 Å². The highest BCUT2D eigenvalue weighted by molar-refractivity contribution is 14.1. The largest absolute Gasteiger partial charge is 0.478 e. The number of carboxylic acid groups (broad SMARTS) is 1. The number of nitrogens with zero attached hydrogens (tertiary/aromatic N) is 3. The molecule has 0 radical (unpaired) electrons. The fourth-order valence-electron chi connectivity index (χ4n) is 4.47. The number of hydrogen-bond acceptors (Lipinski definition) is 4. The van der Waals surface area contributed by atoms with E-state index in [-0.39, 0.29) is 15.5 Å². The molecule has 0 spiro atoms. The van der Waals surface area contributed by atoms with Crippen LogP contribution in [-0.2, 0) is 13.0 Å². The van der Waals surface area contributed by atoms with Crippen LogP contribution in [0, 0.1) is 6.92 Å². The van der Waals surface area contributed by atoms with Crippen LogP contribution in [0.25, 0.3) is 11.0 Å². The van der Waals surface area contributed by atoms with Gasteiger partial charge in [0.1, 0.15) is 9.87 Å². The lowest BCUT2D eigenvalue weighted by Gasteiger charge is -2.28. The van der Waals surface area contributed by atoms with Crippen molar-refractivity contribution in [2.75, 3.05) is 12.3 Å². The Bertz CT molecular complexity index is 1400. The number of carboxylic acids is 1. The molecule has 1 aromatic heterocycles. The van der Waals surface area contributed by atoms with E-state index in [4.69, 9.17) is 4.98 Å². The van der Waals surface area contributed by atoms with E-state index in [9.17, 15) is 14.7 Å². The monoisotopic (exact) mass is 627 g/mol. The van der Waals surface area contributed by atoms with Crippen LogP contribution in [0.1, 0.15) is 60.6 Å². The minimum Gasteiger partial charge on any atom is -0.478 e. The number of carbonyl (C=O) groups excluding carboxylic acids is 1. The third-order valence-corrected chi connectivity index (χ3v) is 7.93.